The van der Waals surface area contributed by atoms with Crippen molar-refractivity contribution in [3.8, 4) is 5.75 Å². The molecule has 3 nitrogen and oxygen atoms in total. The zero-order chi connectivity index (χ0) is 15.5. The van der Waals surface area contributed by atoms with Gasteiger partial charge in [0, 0.05) is 6.04 Å². The fourth-order valence-electron chi connectivity index (χ4n) is 2.51. The molecule has 4 heteroatoms. The molecule has 0 saturated carbocycles. The van der Waals surface area contributed by atoms with Gasteiger partial charge < -0.3 is 15.8 Å². The molecule has 1 aromatic carbocycles. The Labute approximate surface area is 134 Å². The van der Waals surface area contributed by atoms with Crippen molar-refractivity contribution in [2.45, 2.75) is 57.9 Å². The van der Waals surface area contributed by atoms with Crippen molar-refractivity contribution in [1.82, 2.24) is 5.32 Å². The second kappa shape index (κ2) is 10.4. The maximum absolute atomic E-state index is 5.62. The summed E-state index contributed by atoms with van der Waals surface area (Å²) >= 11 is 4.98. The molecule has 21 heavy (non-hydrogen) atoms. The number of aryl methyl sites for hydroxylation is 1. The molecule has 1 aromatic rings. The highest BCUT2D eigenvalue weighted by molar-refractivity contribution is 7.80. The van der Waals surface area contributed by atoms with Gasteiger partial charge in [0.1, 0.15) is 5.75 Å². The summed E-state index contributed by atoms with van der Waals surface area (Å²) in [5.41, 5.74) is 6.94. The van der Waals surface area contributed by atoms with Crippen molar-refractivity contribution in [2.75, 3.05) is 7.11 Å². The van der Waals surface area contributed by atoms with Gasteiger partial charge in [0.15, 0.2) is 5.11 Å². The van der Waals surface area contributed by atoms with E-state index >= 15 is 0 Å². The maximum atomic E-state index is 5.62. The third-order valence-electron chi connectivity index (χ3n) is 3.65. The molecule has 118 valence electrons. The summed E-state index contributed by atoms with van der Waals surface area (Å²) in [5, 5.41) is 3.65. The summed E-state index contributed by atoms with van der Waals surface area (Å²) in [7, 11) is 1.70. The van der Waals surface area contributed by atoms with Crippen LogP contribution >= 0.6 is 12.2 Å². The third kappa shape index (κ3) is 7.90. The zero-order valence-corrected chi connectivity index (χ0v) is 14.0. The summed E-state index contributed by atoms with van der Waals surface area (Å²) in [4.78, 5) is 0. The summed E-state index contributed by atoms with van der Waals surface area (Å²) in [6.45, 7) is 2.22. The molecule has 0 aromatic heterocycles. The normalized spacial score (nSPS) is 11.9. The van der Waals surface area contributed by atoms with Crippen LogP contribution in [0.3, 0.4) is 0 Å². The highest BCUT2D eigenvalue weighted by Crippen LogP contribution is 2.16. The lowest BCUT2D eigenvalue weighted by Crippen LogP contribution is -2.38. The van der Waals surface area contributed by atoms with Gasteiger partial charge in [-0.1, -0.05) is 38.3 Å². The van der Waals surface area contributed by atoms with Gasteiger partial charge in [0.25, 0.3) is 0 Å². The number of hydrogen-bond acceptors (Lipinski definition) is 2. The molecule has 0 radical (unpaired) electrons. The molecule has 0 fully saturated rings. The second-order valence-electron chi connectivity index (χ2n) is 5.45. The first-order valence-corrected chi connectivity index (χ1v) is 8.25. The number of nitrogens with one attached hydrogen (secondary N) is 1. The summed E-state index contributed by atoms with van der Waals surface area (Å²) in [5.74, 6) is 0.924. The maximum Gasteiger partial charge on any atom is 0.163 e. The van der Waals surface area contributed by atoms with Crippen LogP contribution in [0, 0.1) is 0 Å². The zero-order valence-electron chi connectivity index (χ0n) is 13.2. The Morgan fingerprint density at radius 3 is 2.71 bits per heavy atom. The number of methoxy groups -OCH3 is 1. The number of nitrogens with two attached hydrogens (primary N) is 1. The van der Waals surface area contributed by atoms with E-state index < -0.39 is 0 Å². The van der Waals surface area contributed by atoms with E-state index in [-0.39, 0.29) is 0 Å². The van der Waals surface area contributed by atoms with E-state index in [9.17, 15) is 0 Å². The first kappa shape index (κ1) is 17.8. The van der Waals surface area contributed by atoms with E-state index in [4.69, 9.17) is 22.7 Å². The number of ether oxygens (including phenoxy) is 1. The first-order chi connectivity index (χ1) is 10.2. The molecule has 0 bridgehead atoms. The molecule has 0 saturated heterocycles. The summed E-state index contributed by atoms with van der Waals surface area (Å²) in [6.07, 6.45) is 8.16. The lowest BCUT2D eigenvalue weighted by Gasteiger charge is -2.18. The van der Waals surface area contributed by atoms with E-state index in [2.05, 4.69) is 24.4 Å². The highest BCUT2D eigenvalue weighted by atomic mass is 32.1. The van der Waals surface area contributed by atoms with Gasteiger partial charge in [-0.25, -0.2) is 0 Å². The van der Waals surface area contributed by atoms with Crippen molar-refractivity contribution >= 4 is 17.3 Å². The summed E-state index contributed by atoms with van der Waals surface area (Å²) in [6, 6.07) is 8.67. The number of rotatable bonds is 10. The van der Waals surface area contributed by atoms with Crippen LogP contribution in [0.5, 0.6) is 5.75 Å². The average molecular weight is 308 g/mol. The number of thiocarbonyl (C=S) groups is 1. The Bertz CT molecular complexity index is 423. The van der Waals surface area contributed by atoms with Crippen LogP contribution in [0.25, 0.3) is 0 Å². The lowest BCUT2D eigenvalue weighted by molar-refractivity contribution is 0.414. The topological polar surface area (TPSA) is 47.3 Å². The van der Waals surface area contributed by atoms with Crippen LogP contribution in [0.1, 0.15) is 51.0 Å². The Hall–Kier alpha value is -1.29. The number of benzene rings is 1. The molecule has 1 rings (SSSR count). The van der Waals surface area contributed by atoms with E-state index in [0.717, 1.165) is 31.4 Å². The van der Waals surface area contributed by atoms with Crippen molar-refractivity contribution in [3.05, 3.63) is 29.8 Å². The number of hydrogen-bond donors (Lipinski definition) is 2. The molecule has 0 aliphatic carbocycles. The predicted octanol–water partition coefficient (Wildman–Crippen LogP) is 3.80. The minimum absolute atomic E-state index is 0.402. The van der Waals surface area contributed by atoms with Gasteiger partial charge in [-0.05, 0) is 55.6 Å². The average Bonchev–Trinajstić information content (AvgIpc) is 2.47. The molecular formula is C17H28N2OS. The minimum Gasteiger partial charge on any atom is -0.497 e. The standard InChI is InChI=1S/C17H28N2OS/c1-3-4-5-10-15(19-17(18)21)11-6-8-14-9-7-12-16(13-14)20-2/h7,9,12-13,15H,3-6,8,10-11H2,1-2H3,(H3,18,19,21). The predicted molar refractivity (Wildman–Crippen MR) is 93.8 cm³/mol. The van der Waals surface area contributed by atoms with Crippen molar-refractivity contribution < 1.29 is 4.74 Å². The highest BCUT2D eigenvalue weighted by Gasteiger charge is 2.08. The first-order valence-electron chi connectivity index (χ1n) is 7.84. The third-order valence-corrected chi connectivity index (χ3v) is 3.77. The Kier molecular flexibility index (Phi) is 8.83. The largest absolute Gasteiger partial charge is 0.497 e. The second-order valence-corrected chi connectivity index (χ2v) is 5.88. The molecule has 0 heterocycles. The fraction of sp³-hybridized carbons (Fsp3) is 0.588. The molecule has 1 unspecified atom stereocenters. The van der Waals surface area contributed by atoms with Crippen LogP contribution < -0.4 is 15.8 Å². The van der Waals surface area contributed by atoms with Crippen molar-refractivity contribution in [1.29, 1.82) is 0 Å². The molecule has 0 aliphatic heterocycles. The van der Waals surface area contributed by atoms with Crippen LogP contribution in [0.4, 0.5) is 0 Å². The van der Waals surface area contributed by atoms with Gasteiger partial charge >= 0.3 is 0 Å². The van der Waals surface area contributed by atoms with E-state index in [1.807, 2.05) is 12.1 Å². The summed E-state index contributed by atoms with van der Waals surface area (Å²) < 4.78 is 5.25. The molecule has 0 spiro atoms. The number of unbranched alkanes of at least 4 members (excludes halogenated alkanes) is 2. The van der Waals surface area contributed by atoms with Gasteiger partial charge in [0.05, 0.1) is 7.11 Å². The van der Waals surface area contributed by atoms with Crippen LogP contribution in [0.2, 0.25) is 0 Å². The smallest absolute Gasteiger partial charge is 0.163 e. The van der Waals surface area contributed by atoms with Crippen molar-refractivity contribution in [3.63, 3.8) is 0 Å². The molecule has 0 aliphatic rings. The van der Waals surface area contributed by atoms with Gasteiger partial charge in [-0.2, -0.15) is 0 Å². The SMILES string of the molecule is CCCCCC(CCCc1cccc(OC)c1)NC(N)=S. The van der Waals surface area contributed by atoms with Crippen LogP contribution in [-0.2, 0) is 6.42 Å². The van der Waals surface area contributed by atoms with E-state index in [0.29, 0.717) is 11.2 Å². The van der Waals surface area contributed by atoms with E-state index in [1.54, 1.807) is 7.11 Å². The fourth-order valence-corrected chi connectivity index (χ4v) is 2.68. The van der Waals surface area contributed by atoms with Gasteiger partial charge in [0.2, 0.25) is 0 Å². The van der Waals surface area contributed by atoms with Crippen molar-refractivity contribution in [2.24, 2.45) is 5.73 Å². The van der Waals surface area contributed by atoms with Gasteiger partial charge in [-0.15, -0.1) is 0 Å². The van der Waals surface area contributed by atoms with Crippen LogP contribution in [-0.4, -0.2) is 18.3 Å². The van der Waals surface area contributed by atoms with Crippen LogP contribution in [0.15, 0.2) is 24.3 Å². The lowest BCUT2D eigenvalue weighted by atomic mass is 10.0. The molecule has 3 N–H and O–H groups in total. The quantitative estimate of drug-likeness (QED) is 0.510. The Morgan fingerprint density at radius 2 is 2.05 bits per heavy atom. The van der Waals surface area contributed by atoms with E-state index in [1.165, 1.54) is 24.8 Å². The molecular weight excluding hydrogens is 280 g/mol. The molecule has 1 atom stereocenters. The minimum atomic E-state index is 0.402. The Morgan fingerprint density at radius 1 is 1.29 bits per heavy atom. The monoisotopic (exact) mass is 308 g/mol. The van der Waals surface area contributed by atoms with Gasteiger partial charge in [-0.3, -0.25) is 0 Å². The molecule has 0 amide bonds. The Balaban J connectivity index is 2.38.